The van der Waals surface area contributed by atoms with E-state index in [-0.39, 0.29) is 11.9 Å². The summed E-state index contributed by atoms with van der Waals surface area (Å²) >= 11 is 0. The van der Waals surface area contributed by atoms with Gasteiger partial charge in [0.2, 0.25) is 17.7 Å². The number of nitrogen functional groups attached to an aromatic ring is 1. The Kier molecular flexibility index (Phi) is 4.44. The average molecular weight is 353 g/mol. The molecule has 0 saturated carbocycles. The molecule has 0 spiro atoms. The number of nitrogens with two attached hydrogens (primary N) is 1. The Bertz CT molecular complexity index is 878. The molecule has 4 heterocycles. The Morgan fingerprint density at radius 3 is 2.96 bits per heavy atom. The van der Waals surface area contributed by atoms with Gasteiger partial charge in [-0.15, -0.1) is 0 Å². The maximum absolute atomic E-state index is 5.89. The average Bonchev–Trinajstić information content (AvgIpc) is 3.34. The monoisotopic (exact) mass is 353 g/mol. The lowest BCUT2D eigenvalue weighted by molar-refractivity contribution is 0.193. The molecular weight excluding hydrogens is 334 g/mol. The van der Waals surface area contributed by atoms with Crippen molar-refractivity contribution in [3.8, 4) is 11.5 Å². The number of nitrogens with zero attached hydrogens (tertiary/aromatic N) is 6. The van der Waals surface area contributed by atoms with Crippen LogP contribution in [0.3, 0.4) is 0 Å². The highest BCUT2D eigenvalue weighted by molar-refractivity contribution is 5.47. The Morgan fingerprint density at radius 1 is 1.27 bits per heavy atom. The lowest BCUT2D eigenvalue weighted by Crippen LogP contribution is -2.20. The zero-order valence-electron chi connectivity index (χ0n) is 14.4. The normalized spacial score (nSPS) is 16.7. The van der Waals surface area contributed by atoms with Crippen LogP contribution in [0.25, 0.3) is 11.5 Å². The largest absolute Gasteiger partial charge is 0.381 e. The molecule has 9 nitrogen and oxygen atoms in total. The Hall–Kier alpha value is -3.07. The smallest absolute Gasteiger partial charge is 0.246 e. The third kappa shape index (κ3) is 3.47. The number of aromatic nitrogens is 5. The van der Waals surface area contributed by atoms with Crippen molar-refractivity contribution in [3.05, 3.63) is 42.0 Å². The first-order valence-electron chi connectivity index (χ1n) is 8.36. The van der Waals surface area contributed by atoms with Crippen LogP contribution in [0.15, 0.2) is 35.0 Å². The molecule has 1 fully saturated rings. The second kappa shape index (κ2) is 7.04. The molecule has 1 aliphatic heterocycles. The van der Waals surface area contributed by atoms with Gasteiger partial charge in [0.1, 0.15) is 11.5 Å². The molecule has 0 aliphatic carbocycles. The van der Waals surface area contributed by atoms with E-state index in [1.807, 2.05) is 36.2 Å². The van der Waals surface area contributed by atoms with Crippen molar-refractivity contribution in [2.45, 2.75) is 18.9 Å². The third-order valence-corrected chi connectivity index (χ3v) is 4.22. The van der Waals surface area contributed by atoms with E-state index in [2.05, 4.69) is 25.1 Å². The Morgan fingerprint density at radius 2 is 2.19 bits per heavy atom. The third-order valence-electron chi connectivity index (χ3n) is 4.22. The molecule has 9 heteroatoms. The van der Waals surface area contributed by atoms with Crippen LogP contribution in [-0.4, -0.2) is 45.4 Å². The maximum atomic E-state index is 5.89. The van der Waals surface area contributed by atoms with Crippen LogP contribution < -0.4 is 10.6 Å². The number of ether oxygens (including phenoxy) is 1. The summed E-state index contributed by atoms with van der Waals surface area (Å²) in [6.07, 6.45) is 2.63. The highest BCUT2D eigenvalue weighted by Crippen LogP contribution is 2.26. The molecule has 0 unspecified atom stereocenters. The summed E-state index contributed by atoms with van der Waals surface area (Å²) in [5.74, 6) is 2.13. The number of hydrogen-bond acceptors (Lipinski definition) is 9. The SMILES string of the molecule is CN(Cc1nc(-c2ccccn2)no1)c1cc([C@@H]2CCOC2)nc(N)n1. The fourth-order valence-corrected chi connectivity index (χ4v) is 2.85. The van der Waals surface area contributed by atoms with E-state index in [1.54, 1.807) is 6.20 Å². The summed E-state index contributed by atoms with van der Waals surface area (Å²) in [4.78, 5) is 19.2. The molecule has 0 aromatic carbocycles. The maximum Gasteiger partial charge on any atom is 0.246 e. The van der Waals surface area contributed by atoms with Crippen molar-refractivity contribution in [1.82, 2.24) is 25.1 Å². The quantitative estimate of drug-likeness (QED) is 0.730. The predicted octanol–water partition coefficient (Wildman–Crippen LogP) is 1.64. The van der Waals surface area contributed by atoms with Gasteiger partial charge in [0.15, 0.2) is 0 Å². The van der Waals surface area contributed by atoms with Gasteiger partial charge < -0.3 is 19.9 Å². The molecule has 2 N–H and O–H groups in total. The van der Waals surface area contributed by atoms with Gasteiger partial charge in [0.25, 0.3) is 0 Å². The van der Waals surface area contributed by atoms with Crippen molar-refractivity contribution >= 4 is 11.8 Å². The van der Waals surface area contributed by atoms with E-state index in [9.17, 15) is 0 Å². The topological polar surface area (TPSA) is 116 Å². The van der Waals surface area contributed by atoms with Crippen LogP contribution in [0.5, 0.6) is 0 Å². The molecule has 1 aliphatic rings. The molecule has 134 valence electrons. The lowest BCUT2D eigenvalue weighted by atomic mass is 10.0. The zero-order chi connectivity index (χ0) is 17.9. The molecule has 0 amide bonds. The fraction of sp³-hybridized carbons (Fsp3) is 0.353. The minimum absolute atomic E-state index is 0.246. The molecule has 4 rings (SSSR count). The fourth-order valence-electron chi connectivity index (χ4n) is 2.85. The van der Waals surface area contributed by atoms with Crippen LogP contribution in [0, 0.1) is 0 Å². The highest BCUT2D eigenvalue weighted by Gasteiger charge is 2.21. The van der Waals surface area contributed by atoms with Crippen molar-refractivity contribution in [3.63, 3.8) is 0 Å². The zero-order valence-corrected chi connectivity index (χ0v) is 14.4. The summed E-state index contributed by atoms with van der Waals surface area (Å²) < 4.78 is 10.8. The molecule has 26 heavy (non-hydrogen) atoms. The summed E-state index contributed by atoms with van der Waals surface area (Å²) in [6, 6.07) is 7.48. The van der Waals surface area contributed by atoms with E-state index in [1.165, 1.54) is 0 Å². The number of pyridine rings is 1. The molecule has 0 bridgehead atoms. The summed E-state index contributed by atoms with van der Waals surface area (Å²) in [7, 11) is 1.89. The number of rotatable bonds is 5. The highest BCUT2D eigenvalue weighted by atomic mass is 16.5. The van der Waals surface area contributed by atoms with Crippen molar-refractivity contribution in [2.24, 2.45) is 0 Å². The van der Waals surface area contributed by atoms with Crippen LogP contribution >= 0.6 is 0 Å². The predicted molar refractivity (Wildman–Crippen MR) is 94.3 cm³/mol. The van der Waals surface area contributed by atoms with Gasteiger partial charge >= 0.3 is 0 Å². The molecule has 3 aromatic heterocycles. The van der Waals surface area contributed by atoms with Gasteiger partial charge in [-0.2, -0.15) is 9.97 Å². The van der Waals surface area contributed by atoms with E-state index in [0.29, 0.717) is 36.4 Å². The summed E-state index contributed by atoms with van der Waals surface area (Å²) in [6.45, 7) is 1.81. The molecule has 1 atom stereocenters. The van der Waals surface area contributed by atoms with Crippen molar-refractivity contribution in [2.75, 3.05) is 30.9 Å². The van der Waals surface area contributed by atoms with Crippen molar-refractivity contribution < 1.29 is 9.26 Å². The second-order valence-corrected chi connectivity index (χ2v) is 6.15. The van der Waals surface area contributed by atoms with E-state index in [0.717, 1.165) is 18.7 Å². The standard InChI is InChI=1S/C17H19N7O2/c1-24(9-15-22-16(23-26-15)12-4-2-3-6-19-12)14-8-13(20-17(18)21-14)11-5-7-25-10-11/h2-4,6,8,11H,5,7,9-10H2,1H3,(H2,18,20,21)/t11-/m1/s1. The first kappa shape index (κ1) is 16.4. The van der Waals surface area contributed by atoms with Gasteiger partial charge in [0, 0.05) is 31.8 Å². The van der Waals surface area contributed by atoms with Gasteiger partial charge in [-0.05, 0) is 18.6 Å². The number of hydrogen-bond donors (Lipinski definition) is 1. The minimum atomic E-state index is 0.246. The van der Waals surface area contributed by atoms with Crippen molar-refractivity contribution in [1.29, 1.82) is 0 Å². The van der Waals surface area contributed by atoms with Crippen LogP contribution in [-0.2, 0) is 11.3 Å². The van der Waals surface area contributed by atoms with E-state index >= 15 is 0 Å². The molecule has 0 radical (unpaired) electrons. The molecule has 1 saturated heterocycles. The summed E-state index contributed by atoms with van der Waals surface area (Å²) in [5, 5.41) is 3.98. The lowest BCUT2D eigenvalue weighted by Gasteiger charge is -2.18. The molecular formula is C17H19N7O2. The first-order valence-corrected chi connectivity index (χ1v) is 8.36. The number of anilines is 2. The van der Waals surface area contributed by atoms with E-state index < -0.39 is 0 Å². The van der Waals surface area contributed by atoms with Gasteiger partial charge in [-0.25, -0.2) is 4.98 Å². The van der Waals surface area contributed by atoms with Crippen LogP contribution in [0.1, 0.15) is 23.9 Å². The Balaban J connectivity index is 1.51. The summed E-state index contributed by atoms with van der Waals surface area (Å²) in [5.41, 5.74) is 7.46. The van der Waals surface area contributed by atoms with Gasteiger partial charge in [-0.3, -0.25) is 4.98 Å². The van der Waals surface area contributed by atoms with Gasteiger partial charge in [-0.1, -0.05) is 11.2 Å². The van der Waals surface area contributed by atoms with Gasteiger partial charge in [0.05, 0.1) is 18.8 Å². The van der Waals surface area contributed by atoms with E-state index in [4.69, 9.17) is 15.0 Å². The van der Waals surface area contributed by atoms with Crippen LogP contribution in [0.4, 0.5) is 11.8 Å². The first-order chi connectivity index (χ1) is 12.7. The Labute approximate surface area is 150 Å². The second-order valence-electron chi connectivity index (χ2n) is 6.15. The minimum Gasteiger partial charge on any atom is -0.381 e. The molecule has 3 aromatic rings. The van der Waals surface area contributed by atoms with Crippen LogP contribution in [0.2, 0.25) is 0 Å².